The molecule has 1 aliphatic rings. The normalized spacial score (nSPS) is 16.4. The summed E-state index contributed by atoms with van der Waals surface area (Å²) in [5.41, 5.74) is 3.91. The summed E-state index contributed by atoms with van der Waals surface area (Å²) in [5.74, 6) is 1.13. The Balaban J connectivity index is 1.55. The number of hydrogen-bond acceptors (Lipinski definition) is 4. The van der Waals surface area contributed by atoms with E-state index in [2.05, 4.69) is 38.4 Å². The van der Waals surface area contributed by atoms with Crippen molar-refractivity contribution in [3.63, 3.8) is 0 Å². The Bertz CT molecular complexity index is 1200. The first-order chi connectivity index (χ1) is 15.7. The van der Waals surface area contributed by atoms with Crippen molar-refractivity contribution in [3.8, 4) is 11.3 Å². The van der Waals surface area contributed by atoms with E-state index in [9.17, 15) is 0 Å². The van der Waals surface area contributed by atoms with Crippen LogP contribution >= 0.6 is 23.2 Å². The second kappa shape index (κ2) is 9.49. The van der Waals surface area contributed by atoms with E-state index >= 15 is 0 Å². The Hall–Kier alpha value is -2.60. The third kappa shape index (κ3) is 4.46. The van der Waals surface area contributed by atoms with Crippen LogP contribution in [-0.2, 0) is 13.1 Å². The van der Waals surface area contributed by atoms with Gasteiger partial charge in [-0.3, -0.25) is 0 Å². The van der Waals surface area contributed by atoms with E-state index in [-0.39, 0.29) is 0 Å². The van der Waals surface area contributed by atoms with Gasteiger partial charge < -0.3 is 15.2 Å². The Morgan fingerprint density at radius 1 is 1.06 bits per heavy atom. The molecule has 0 bridgehead atoms. The number of aromatic nitrogens is 3. The van der Waals surface area contributed by atoms with Gasteiger partial charge in [0.15, 0.2) is 0 Å². The molecule has 4 aromatic rings. The molecular weight excluding hydrogens is 441 g/mol. The lowest BCUT2D eigenvalue weighted by atomic mass is 9.99. The van der Waals surface area contributed by atoms with E-state index in [0.717, 1.165) is 41.9 Å². The molecule has 2 aromatic carbocycles. The number of anilines is 1. The summed E-state index contributed by atoms with van der Waals surface area (Å²) in [4.78, 5) is 9.44. The van der Waals surface area contributed by atoms with Crippen LogP contribution in [0.1, 0.15) is 18.4 Å². The van der Waals surface area contributed by atoms with Crippen molar-refractivity contribution in [1.82, 2.24) is 19.9 Å². The predicted molar refractivity (Wildman–Crippen MR) is 132 cm³/mol. The molecule has 5 rings (SSSR count). The highest BCUT2D eigenvalue weighted by molar-refractivity contribution is 6.39. The third-order valence-electron chi connectivity index (χ3n) is 5.99. The molecule has 2 N–H and O–H groups in total. The maximum absolute atomic E-state index is 6.60. The summed E-state index contributed by atoms with van der Waals surface area (Å²) >= 11 is 13.2. The number of benzene rings is 2. The van der Waals surface area contributed by atoms with Crippen LogP contribution in [0.15, 0.2) is 60.8 Å². The first kappa shape index (κ1) is 21.3. The van der Waals surface area contributed by atoms with E-state index < -0.39 is 0 Å². The standard InChI is InChI=1S/C25H25Cl2N5/c26-20-9-4-10-21(27)23(20)22-12-19-15-30-25(29-14-17-6-2-1-3-7-17)31-24(19)32(22)16-18-8-5-11-28-13-18/h1-4,6-7,9-10,12,15,18,28H,5,8,11,13-14,16H2,(H,29,30,31)/t18-/m1/s1. The summed E-state index contributed by atoms with van der Waals surface area (Å²) in [5, 5.41) is 9.12. The number of halogens is 2. The second-order valence-electron chi connectivity index (χ2n) is 8.26. The summed E-state index contributed by atoms with van der Waals surface area (Å²) in [7, 11) is 0. The van der Waals surface area contributed by atoms with Gasteiger partial charge in [0.2, 0.25) is 5.95 Å². The summed E-state index contributed by atoms with van der Waals surface area (Å²) < 4.78 is 2.26. The highest BCUT2D eigenvalue weighted by Gasteiger charge is 2.21. The average Bonchev–Trinajstić information content (AvgIpc) is 3.16. The maximum atomic E-state index is 6.60. The van der Waals surface area contributed by atoms with Crippen molar-refractivity contribution in [3.05, 3.63) is 76.4 Å². The first-order valence-electron chi connectivity index (χ1n) is 11.0. The van der Waals surface area contributed by atoms with Crippen LogP contribution in [0.2, 0.25) is 10.0 Å². The van der Waals surface area contributed by atoms with Crippen molar-refractivity contribution >= 4 is 40.2 Å². The topological polar surface area (TPSA) is 54.8 Å². The van der Waals surface area contributed by atoms with Crippen LogP contribution in [0.3, 0.4) is 0 Å². The lowest BCUT2D eigenvalue weighted by Gasteiger charge is -2.24. The molecule has 0 unspecified atom stereocenters. The number of nitrogens with one attached hydrogen (secondary N) is 2. The van der Waals surface area contributed by atoms with E-state index in [0.29, 0.717) is 28.5 Å². The molecule has 0 saturated carbocycles. The molecule has 1 fully saturated rings. The molecule has 1 atom stereocenters. The van der Waals surface area contributed by atoms with Crippen LogP contribution < -0.4 is 10.6 Å². The lowest BCUT2D eigenvalue weighted by Crippen LogP contribution is -2.32. The Kier molecular flexibility index (Phi) is 6.30. The van der Waals surface area contributed by atoms with Gasteiger partial charge in [0.05, 0.1) is 15.7 Å². The van der Waals surface area contributed by atoms with Crippen LogP contribution in [0.25, 0.3) is 22.3 Å². The van der Waals surface area contributed by atoms with E-state index in [1.54, 1.807) is 0 Å². The maximum Gasteiger partial charge on any atom is 0.224 e. The van der Waals surface area contributed by atoms with E-state index in [1.807, 2.05) is 42.6 Å². The first-order valence-corrected chi connectivity index (χ1v) is 11.7. The fourth-order valence-corrected chi connectivity index (χ4v) is 4.97. The van der Waals surface area contributed by atoms with Gasteiger partial charge in [-0.25, -0.2) is 4.98 Å². The number of piperidine rings is 1. The molecule has 0 aliphatic carbocycles. The zero-order chi connectivity index (χ0) is 21.9. The zero-order valence-electron chi connectivity index (χ0n) is 17.7. The van der Waals surface area contributed by atoms with Gasteiger partial charge in [-0.2, -0.15) is 4.98 Å². The Labute approximate surface area is 197 Å². The smallest absolute Gasteiger partial charge is 0.224 e. The number of nitrogens with zero attached hydrogens (tertiary/aromatic N) is 3. The van der Waals surface area contributed by atoms with Gasteiger partial charge in [-0.15, -0.1) is 0 Å². The predicted octanol–water partition coefficient (Wildman–Crippen LogP) is 6.02. The molecule has 3 heterocycles. The number of rotatable bonds is 6. The monoisotopic (exact) mass is 465 g/mol. The molecule has 7 heteroatoms. The third-order valence-corrected chi connectivity index (χ3v) is 6.62. The average molecular weight is 466 g/mol. The van der Waals surface area contributed by atoms with Crippen LogP contribution in [0.4, 0.5) is 5.95 Å². The summed E-state index contributed by atoms with van der Waals surface area (Å²) in [6.45, 7) is 3.60. The highest BCUT2D eigenvalue weighted by atomic mass is 35.5. The second-order valence-corrected chi connectivity index (χ2v) is 9.08. The van der Waals surface area contributed by atoms with Gasteiger partial charge in [-0.1, -0.05) is 59.6 Å². The minimum atomic E-state index is 0.523. The summed E-state index contributed by atoms with van der Waals surface area (Å²) in [6.07, 6.45) is 4.25. The minimum absolute atomic E-state index is 0.523. The Morgan fingerprint density at radius 3 is 2.62 bits per heavy atom. The van der Waals surface area contributed by atoms with Crippen molar-refractivity contribution in [2.24, 2.45) is 5.92 Å². The van der Waals surface area contributed by atoms with Gasteiger partial charge >= 0.3 is 0 Å². The van der Waals surface area contributed by atoms with Gasteiger partial charge in [0, 0.05) is 30.2 Å². The molecule has 32 heavy (non-hydrogen) atoms. The van der Waals surface area contributed by atoms with Crippen molar-refractivity contribution < 1.29 is 0 Å². The minimum Gasteiger partial charge on any atom is -0.350 e. The fraction of sp³-hybridized carbons (Fsp3) is 0.280. The molecule has 0 radical (unpaired) electrons. The SMILES string of the molecule is Clc1cccc(Cl)c1-c1cc2cnc(NCc3ccccc3)nc2n1C[C@@H]1CCCNC1. The largest absolute Gasteiger partial charge is 0.350 e. The lowest BCUT2D eigenvalue weighted by molar-refractivity contribution is 0.341. The van der Waals surface area contributed by atoms with Gasteiger partial charge in [0.25, 0.3) is 0 Å². The van der Waals surface area contributed by atoms with Crippen molar-refractivity contribution in [1.29, 1.82) is 0 Å². The number of fused-ring (bicyclic) bond motifs is 1. The molecule has 164 valence electrons. The summed E-state index contributed by atoms with van der Waals surface area (Å²) in [6, 6.07) is 18.0. The van der Waals surface area contributed by atoms with Gasteiger partial charge in [0.1, 0.15) is 5.65 Å². The quantitative estimate of drug-likeness (QED) is 0.365. The van der Waals surface area contributed by atoms with Gasteiger partial charge in [-0.05, 0) is 55.6 Å². The highest BCUT2D eigenvalue weighted by Crippen LogP contribution is 2.38. The molecule has 2 aromatic heterocycles. The Morgan fingerprint density at radius 2 is 1.88 bits per heavy atom. The van der Waals surface area contributed by atoms with Crippen molar-refractivity contribution in [2.75, 3.05) is 18.4 Å². The van der Waals surface area contributed by atoms with Crippen LogP contribution in [0, 0.1) is 5.92 Å². The number of hydrogen-bond donors (Lipinski definition) is 2. The van der Waals surface area contributed by atoms with Crippen molar-refractivity contribution in [2.45, 2.75) is 25.9 Å². The molecule has 0 spiro atoms. The molecule has 5 nitrogen and oxygen atoms in total. The zero-order valence-corrected chi connectivity index (χ0v) is 19.2. The molecular formula is C25H25Cl2N5. The molecule has 1 aliphatic heterocycles. The molecule has 0 amide bonds. The van der Waals surface area contributed by atoms with E-state index in [4.69, 9.17) is 28.2 Å². The fourth-order valence-electron chi connectivity index (χ4n) is 4.37. The van der Waals surface area contributed by atoms with Crippen LogP contribution in [0.5, 0.6) is 0 Å². The van der Waals surface area contributed by atoms with E-state index in [1.165, 1.54) is 18.4 Å². The molecule has 1 saturated heterocycles. The van der Waals surface area contributed by atoms with Crippen LogP contribution in [-0.4, -0.2) is 27.6 Å².